The van der Waals surface area contributed by atoms with Crippen LogP contribution in [0.5, 0.6) is 0 Å². The Morgan fingerprint density at radius 2 is 2.00 bits per heavy atom. The highest BCUT2D eigenvalue weighted by Crippen LogP contribution is 2.17. The van der Waals surface area contributed by atoms with Crippen molar-refractivity contribution in [3.8, 4) is 0 Å². The minimum atomic E-state index is -4.17. The molecule has 0 aliphatic carbocycles. The van der Waals surface area contributed by atoms with Crippen molar-refractivity contribution in [3.05, 3.63) is 0 Å². The molecule has 13 heavy (non-hydrogen) atoms. The summed E-state index contributed by atoms with van der Waals surface area (Å²) in [4.78, 5) is 1.42. The second-order valence-electron chi connectivity index (χ2n) is 3.05. The largest absolute Gasteiger partial charge is 0.401 e. The summed E-state index contributed by atoms with van der Waals surface area (Å²) in [5, 5.41) is 0. The van der Waals surface area contributed by atoms with E-state index in [1.807, 2.05) is 0 Å². The predicted octanol–water partition coefficient (Wildman–Crippen LogP) is 1.55. The van der Waals surface area contributed by atoms with E-state index < -0.39 is 12.7 Å². The lowest BCUT2D eigenvalue weighted by Crippen LogP contribution is -2.39. The molecule has 78 valence electrons. The molecule has 2 nitrogen and oxygen atoms in total. The smallest absolute Gasteiger partial charge is 0.393 e. The fourth-order valence-corrected chi connectivity index (χ4v) is 1.13. The predicted molar refractivity (Wildman–Crippen MR) is 49.5 cm³/mol. The number of halogens is 3. The van der Waals surface area contributed by atoms with Gasteiger partial charge in [-0.2, -0.15) is 13.2 Å². The van der Waals surface area contributed by atoms with E-state index in [1.54, 1.807) is 6.92 Å². The number of hydrogen-bond donors (Lipinski definition) is 1. The Morgan fingerprint density at radius 1 is 1.54 bits per heavy atom. The van der Waals surface area contributed by atoms with E-state index >= 15 is 0 Å². The third-order valence-corrected chi connectivity index (χ3v) is 1.84. The Bertz CT molecular complexity index is 181. The van der Waals surface area contributed by atoms with Gasteiger partial charge in [0, 0.05) is 12.5 Å². The van der Waals surface area contributed by atoms with Gasteiger partial charge in [0.2, 0.25) is 0 Å². The standard InChI is InChI=1S/C7H13F3N2S/c1-5(3-6(11)13)12(2)4-7(8,9)10/h5H,3-4H2,1-2H3,(H2,11,13). The molecule has 0 amide bonds. The van der Waals surface area contributed by atoms with Crippen LogP contribution in [0.2, 0.25) is 0 Å². The van der Waals surface area contributed by atoms with Gasteiger partial charge in [0.05, 0.1) is 11.5 Å². The lowest BCUT2D eigenvalue weighted by Gasteiger charge is -2.25. The monoisotopic (exact) mass is 214 g/mol. The number of nitrogens with two attached hydrogens (primary N) is 1. The zero-order chi connectivity index (χ0) is 10.6. The number of alkyl halides is 3. The highest BCUT2D eigenvalue weighted by Gasteiger charge is 2.30. The van der Waals surface area contributed by atoms with Crippen molar-refractivity contribution in [1.82, 2.24) is 4.90 Å². The van der Waals surface area contributed by atoms with Crippen LogP contribution < -0.4 is 5.73 Å². The first kappa shape index (κ1) is 12.6. The summed E-state index contributed by atoms with van der Waals surface area (Å²) < 4.78 is 35.7. The van der Waals surface area contributed by atoms with E-state index in [0.717, 1.165) is 0 Å². The van der Waals surface area contributed by atoms with E-state index in [-0.39, 0.29) is 11.0 Å². The molecule has 0 aromatic carbocycles. The summed E-state index contributed by atoms with van der Waals surface area (Å²) in [5.74, 6) is 0. The molecule has 0 radical (unpaired) electrons. The molecular weight excluding hydrogens is 201 g/mol. The Balaban J connectivity index is 3.96. The normalized spacial score (nSPS) is 14.6. The summed E-state index contributed by atoms with van der Waals surface area (Å²) in [5.41, 5.74) is 5.22. The molecule has 0 saturated heterocycles. The Hall–Kier alpha value is -0.360. The van der Waals surface area contributed by atoms with Crippen LogP contribution in [0.3, 0.4) is 0 Å². The van der Waals surface area contributed by atoms with Gasteiger partial charge in [-0.1, -0.05) is 12.2 Å². The maximum absolute atomic E-state index is 11.9. The summed E-state index contributed by atoms with van der Waals surface area (Å²) in [6.45, 7) is 0.724. The van der Waals surface area contributed by atoms with Crippen molar-refractivity contribution in [2.75, 3.05) is 13.6 Å². The van der Waals surface area contributed by atoms with Crippen LogP contribution in [0.4, 0.5) is 13.2 Å². The maximum atomic E-state index is 11.9. The number of hydrogen-bond acceptors (Lipinski definition) is 2. The number of nitrogens with zero attached hydrogens (tertiary/aromatic N) is 1. The third kappa shape index (κ3) is 6.77. The zero-order valence-corrected chi connectivity index (χ0v) is 8.37. The van der Waals surface area contributed by atoms with Crippen LogP contribution in [-0.4, -0.2) is 35.7 Å². The first-order valence-electron chi connectivity index (χ1n) is 3.77. The van der Waals surface area contributed by atoms with Crippen LogP contribution >= 0.6 is 12.2 Å². The molecule has 0 aromatic rings. The van der Waals surface area contributed by atoms with Crippen molar-refractivity contribution in [3.63, 3.8) is 0 Å². The molecule has 0 aromatic heterocycles. The average Bonchev–Trinajstić information content (AvgIpc) is 1.81. The molecule has 0 bridgehead atoms. The fraction of sp³-hybridized carbons (Fsp3) is 0.857. The van der Waals surface area contributed by atoms with E-state index in [4.69, 9.17) is 5.73 Å². The van der Waals surface area contributed by atoms with Gasteiger partial charge in [0.25, 0.3) is 0 Å². The lowest BCUT2D eigenvalue weighted by molar-refractivity contribution is -0.146. The van der Waals surface area contributed by atoms with Crippen molar-refractivity contribution in [2.45, 2.75) is 25.6 Å². The maximum Gasteiger partial charge on any atom is 0.401 e. The second-order valence-corrected chi connectivity index (χ2v) is 3.57. The highest BCUT2D eigenvalue weighted by molar-refractivity contribution is 7.80. The van der Waals surface area contributed by atoms with Gasteiger partial charge in [-0.25, -0.2) is 0 Å². The minimum absolute atomic E-state index is 0.238. The van der Waals surface area contributed by atoms with Gasteiger partial charge >= 0.3 is 6.18 Å². The number of rotatable bonds is 4. The topological polar surface area (TPSA) is 29.3 Å². The second kappa shape index (κ2) is 4.76. The van der Waals surface area contributed by atoms with Crippen LogP contribution in [0.15, 0.2) is 0 Å². The molecule has 0 aliphatic heterocycles. The minimum Gasteiger partial charge on any atom is -0.393 e. The quantitative estimate of drug-likeness (QED) is 0.720. The molecule has 6 heteroatoms. The van der Waals surface area contributed by atoms with Crippen LogP contribution in [0.25, 0.3) is 0 Å². The Kier molecular flexibility index (Phi) is 4.63. The van der Waals surface area contributed by atoms with Crippen molar-refractivity contribution >= 4 is 17.2 Å². The van der Waals surface area contributed by atoms with Crippen molar-refractivity contribution < 1.29 is 13.2 Å². The fourth-order valence-electron chi connectivity index (χ4n) is 0.886. The molecule has 0 aliphatic rings. The van der Waals surface area contributed by atoms with Crippen LogP contribution in [0.1, 0.15) is 13.3 Å². The van der Waals surface area contributed by atoms with Crippen molar-refractivity contribution in [1.29, 1.82) is 0 Å². The molecule has 0 rings (SSSR count). The number of thiocarbonyl (C=S) groups is 1. The lowest BCUT2D eigenvalue weighted by atomic mass is 10.2. The molecule has 0 fully saturated rings. The summed E-state index contributed by atoms with van der Waals surface area (Å²) in [6, 6.07) is -0.279. The zero-order valence-electron chi connectivity index (χ0n) is 7.56. The molecule has 0 heterocycles. The molecule has 2 N–H and O–H groups in total. The third-order valence-electron chi connectivity index (χ3n) is 1.68. The van der Waals surface area contributed by atoms with Gasteiger partial charge in [-0.15, -0.1) is 0 Å². The summed E-state index contributed by atoms with van der Waals surface area (Å²) >= 11 is 4.60. The molecule has 1 unspecified atom stereocenters. The van der Waals surface area contributed by atoms with E-state index in [0.29, 0.717) is 6.42 Å². The molecule has 0 saturated carbocycles. The van der Waals surface area contributed by atoms with E-state index in [2.05, 4.69) is 12.2 Å². The van der Waals surface area contributed by atoms with Gasteiger partial charge < -0.3 is 5.73 Å². The summed E-state index contributed by atoms with van der Waals surface area (Å²) in [6.07, 6.45) is -3.86. The van der Waals surface area contributed by atoms with E-state index in [9.17, 15) is 13.2 Å². The molecular formula is C7H13F3N2S. The van der Waals surface area contributed by atoms with Gasteiger partial charge in [-0.05, 0) is 14.0 Å². The SMILES string of the molecule is CC(CC(N)=S)N(C)CC(F)(F)F. The van der Waals surface area contributed by atoms with Crippen LogP contribution in [-0.2, 0) is 0 Å². The first-order chi connectivity index (χ1) is 5.72. The highest BCUT2D eigenvalue weighted by atomic mass is 32.1. The summed E-state index contributed by atoms with van der Waals surface area (Å²) in [7, 11) is 1.40. The van der Waals surface area contributed by atoms with Crippen LogP contribution in [0, 0.1) is 0 Å². The Labute approximate surface area is 80.9 Å². The average molecular weight is 214 g/mol. The Morgan fingerprint density at radius 3 is 2.31 bits per heavy atom. The van der Waals surface area contributed by atoms with Crippen molar-refractivity contribution in [2.24, 2.45) is 5.73 Å². The van der Waals surface area contributed by atoms with Gasteiger partial charge in [0.15, 0.2) is 0 Å². The van der Waals surface area contributed by atoms with E-state index in [1.165, 1.54) is 11.9 Å². The van der Waals surface area contributed by atoms with Gasteiger partial charge in [0.1, 0.15) is 0 Å². The van der Waals surface area contributed by atoms with Gasteiger partial charge in [-0.3, -0.25) is 4.90 Å². The molecule has 0 spiro atoms. The molecule has 1 atom stereocenters. The first-order valence-corrected chi connectivity index (χ1v) is 4.18.